The number of carbonyl (C=O) groups is 1. The molecular formula is C13H14N4O2. The molecule has 6 heteroatoms. The standard InChI is InChI=1S/C13H14N4O2/c1-9-4-2-5-10(8-9)11-14-15-16-17(11)13(12(18)19)6-3-7-13/h2,4-5,8H,3,6-7H2,1H3,(H,18,19). The van der Waals surface area contributed by atoms with Crippen LogP contribution >= 0.6 is 0 Å². The molecule has 0 spiro atoms. The van der Waals surface area contributed by atoms with E-state index in [1.165, 1.54) is 4.68 Å². The maximum Gasteiger partial charge on any atom is 0.331 e. The molecule has 1 heterocycles. The number of aryl methyl sites for hydroxylation is 1. The molecule has 3 rings (SSSR count). The van der Waals surface area contributed by atoms with E-state index in [1.54, 1.807) is 0 Å². The molecule has 1 aliphatic rings. The Hall–Kier alpha value is -2.24. The van der Waals surface area contributed by atoms with Crippen molar-refractivity contribution in [3.8, 4) is 11.4 Å². The zero-order chi connectivity index (χ0) is 13.5. The minimum Gasteiger partial charge on any atom is -0.479 e. The van der Waals surface area contributed by atoms with E-state index in [0.717, 1.165) is 17.5 Å². The van der Waals surface area contributed by atoms with Gasteiger partial charge in [-0.1, -0.05) is 23.8 Å². The van der Waals surface area contributed by atoms with Crippen LogP contribution in [-0.4, -0.2) is 31.3 Å². The summed E-state index contributed by atoms with van der Waals surface area (Å²) < 4.78 is 1.47. The number of benzene rings is 1. The van der Waals surface area contributed by atoms with Crippen molar-refractivity contribution in [2.45, 2.75) is 31.7 Å². The normalized spacial score (nSPS) is 16.9. The molecule has 0 aliphatic heterocycles. The number of nitrogens with zero attached hydrogens (tertiary/aromatic N) is 4. The highest BCUT2D eigenvalue weighted by molar-refractivity contribution is 5.78. The summed E-state index contributed by atoms with van der Waals surface area (Å²) >= 11 is 0. The second-order valence-electron chi connectivity index (χ2n) is 4.97. The van der Waals surface area contributed by atoms with Gasteiger partial charge in [0.15, 0.2) is 11.4 Å². The van der Waals surface area contributed by atoms with E-state index in [9.17, 15) is 9.90 Å². The Morgan fingerprint density at radius 2 is 2.21 bits per heavy atom. The fraction of sp³-hybridized carbons (Fsp3) is 0.385. The van der Waals surface area contributed by atoms with Crippen LogP contribution in [0.15, 0.2) is 24.3 Å². The summed E-state index contributed by atoms with van der Waals surface area (Å²) in [7, 11) is 0. The third-order valence-electron chi connectivity index (χ3n) is 3.73. The summed E-state index contributed by atoms with van der Waals surface area (Å²) in [6.45, 7) is 1.98. The molecule has 1 saturated carbocycles. The summed E-state index contributed by atoms with van der Waals surface area (Å²) in [4.78, 5) is 11.5. The third-order valence-corrected chi connectivity index (χ3v) is 3.73. The molecule has 1 aromatic carbocycles. The number of rotatable bonds is 3. The minimum absolute atomic E-state index is 0.519. The highest BCUT2D eigenvalue weighted by Crippen LogP contribution is 2.40. The lowest BCUT2D eigenvalue weighted by molar-refractivity contribution is -0.153. The second kappa shape index (κ2) is 4.15. The van der Waals surface area contributed by atoms with Crippen molar-refractivity contribution in [2.75, 3.05) is 0 Å². The largest absolute Gasteiger partial charge is 0.479 e. The summed E-state index contributed by atoms with van der Waals surface area (Å²) in [5, 5.41) is 21.0. The summed E-state index contributed by atoms with van der Waals surface area (Å²) in [6, 6.07) is 7.74. The number of tetrazole rings is 1. The van der Waals surface area contributed by atoms with E-state index in [1.807, 2.05) is 31.2 Å². The van der Waals surface area contributed by atoms with Crippen molar-refractivity contribution < 1.29 is 9.90 Å². The van der Waals surface area contributed by atoms with E-state index < -0.39 is 11.5 Å². The molecule has 0 amide bonds. The van der Waals surface area contributed by atoms with Gasteiger partial charge in [-0.3, -0.25) is 0 Å². The van der Waals surface area contributed by atoms with Crippen LogP contribution < -0.4 is 0 Å². The first-order valence-corrected chi connectivity index (χ1v) is 6.23. The van der Waals surface area contributed by atoms with Crippen LogP contribution in [-0.2, 0) is 10.3 Å². The zero-order valence-corrected chi connectivity index (χ0v) is 10.6. The molecule has 1 aliphatic carbocycles. The van der Waals surface area contributed by atoms with Crippen molar-refractivity contribution in [3.05, 3.63) is 29.8 Å². The van der Waals surface area contributed by atoms with E-state index in [2.05, 4.69) is 15.5 Å². The van der Waals surface area contributed by atoms with E-state index in [0.29, 0.717) is 18.7 Å². The lowest BCUT2D eigenvalue weighted by Crippen LogP contribution is -2.48. The average Bonchev–Trinajstić information content (AvgIpc) is 2.76. The summed E-state index contributed by atoms with van der Waals surface area (Å²) in [5.41, 5.74) is 0.963. The van der Waals surface area contributed by atoms with Gasteiger partial charge in [0.05, 0.1) is 0 Å². The Morgan fingerprint density at radius 3 is 2.79 bits per heavy atom. The number of hydrogen-bond donors (Lipinski definition) is 1. The van der Waals surface area contributed by atoms with Gasteiger partial charge in [0, 0.05) is 5.56 Å². The first kappa shape index (κ1) is 11.8. The Bertz CT molecular complexity index is 631. The summed E-state index contributed by atoms with van der Waals surface area (Å²) in [6.07, 6.45) is 2.04. The van der Waals surface area contributed by atoms with Gasteiger partial charge in [0.25, 0.3) is 0 Å². The highest BCUT2D eigenvalue weighted by Gasteiger charge is 2.49. The molecule has 0 bridgehead atoms. The number of aliphatic carboxylic acids is 1. The lowest BCUT2D eigenvalue weighted by Gasteiger charge is -2.37. The first-order valence-electron chi connectivity index (χ1n) is 6.23. The van der Waals surface area contributed by atoms with Crippen molar-refractivity contribution in [2.24, 2.45) is 0 Å². The average molecular weight is 258 g/mol. The molecule has 1 aromatic heterocycles. The molecule has 6 nitrogen and oxygen atoms in total. The number of carboxylic acids is 1. The smallest absolute Gasteiger partial charge is 0.331 e. The van der Waals surface area contributed by atoms with E-state index >= 15 is 0 Å². The van der Waals surface area contributed by atoms with Crippen LogP contribution in [0.4, 0.5) is 0 Å². The van der Waals surface area contributed by atoms with Gasteiger partial charge in [-0.05, 0) is 42.7 Å². The van der Waals surface area contributed by atoms with Gasteiger partial charge in [-0.15, -0.1) is 5.10 Å². The predicted octanol–water partition coefficient (Wildman–Crippen LogP) is 1.61. The SMILES string of the molecule is Cc1cccc(-c2nnnn2C2(C(=O)O)CCC2)c1. The molecule has 19 heavy (non-hydrogen) atoms. The maximum absolute atomic E-state index is 11.5. The molecule has 0 saturated heterocycles. The maximum atomic E-state index is 11.5. The van der Waals surface area contributed by atoms with Gasteiger partial charge in [0.2, 0.25) is 0 Å². The Balaban J connectivity index is 2.11. The monoisotopic (exact) mass is 258 g/mol. The quantitative estimate of drug-likeness (QED) is 0.904. The number of hydrogen-bond acceptors (Lipinski definition) is 4. The van der Waals surface area contributed by atoms with Gasteiger partial charge < -0.3 is 5.11 Å². The fourth-order valence-electron chi connectivity index (χ4n) is 2.47. The first-order chi connectivity index (χ1) is 9.13. The van der Waals surface area contributed by atoms with Crippen LogP contribution in [0.1, 0.15) is 24.8 Å². The van der Waals surface area contributed by atoms with E-state index in [4.69, 9.17) is 0 Å². The van der Waals surface area contributed by atoms with Crippen LogP contribution in [0.25, 0.3) is 11.4 Å². The lowest BCUT2D eigenvalue weighted by atomic mass is 9.76. The van der Waals surface area contributed by atoms with Crippen LogP contribution in [0.5, 0.6) is 0 Å². The molecule has 0 unspecified atom stereocenters. The van der Waals surface area contributed by atoms with Crippen molar-refractivity contribution in [3.63, 3.8) is 0 Å². The van der Waals surface area contributed by atoms with Crippen molar-refractivity contribution in [1.82, 2.24) is 20.2 Å². The van der Waals surface area contributed by atoms with Gasteiger partial charge >= 0.3 is 5.97 Å². The molecular weight excluding hydrogens is 244 g/mol. The Labute approximate surface area is 110 Å². The van der Waals surface area contributed by atoms with Gasteiger partial charge in [-0.25, -0.2) is 9.48 Å². The van der Waals surface area contributed by atoms with Crippen molar-refractivity contribution >= 4 is 5.97 Å². The van der Waals surface area contributed by atoms with Crippen molar-refractivity contribution in [1.29, 1.82) is 0 Å². The van der Waals surface area contributed by atoms with E-state index in [-0.39, 0.29) is 0 Å². The highest BCUT2D eigenvalue weighted by atomic mass is 16.4. The molecule has 0 atom stereocenters. The predicted molar refractivity (Wildman–Crippen MR) is 67.5 cm³/mol. The van der Waals surface area contributed by atoms with Crippen LogP contribution in [0.3, 0.4) is 0 Å². The molecule has 2 aromatic rings. The summed E-state index contributed by atoms with van der Waals surface area (Å²) in [5.74, 6) is -0.342. The Morgan fingerprint density at radius 1 is 1.42 bits per heavy atom. The van der Waals surface area contributed by atoms with Crippen LogP contribution in [0.2, 0.25) is 0 Å². The Kier molecular flexibility index (Phi) is 2.58. The second-order valence-corrected chi connectivity index (χ2v) is 4.97. The topological polar surface area (TPSA) is 80.9 Å². The fourth-order valence-corrected chi connectivity index (χ4v) is 2.47. The van der Waals surface area contributed by atoms with Gasteiger partial charge in [0.1, 0.15) is 0 Å². The van der Waals surface area contributed by atoms with Gasteiger partial charge in [-0.2, -0.15) is 0 Å². The molecule has 1 fully saturated rings. The zero-order valence-electron chi connectivity index (χ0n) is 10.6. The third kappa shape index (κ3) is 1.71. The molecule has 98 valence electrons. The number of aromatic nitrogens is 4. The minimum atomic E-state index is -0.970. The molecule has 0 radical (unpaired) electrons. The van der Waals surface area contributed by atoms with Crippen LogP contribution in [0, 0.1) is 6.92 Å². The molecule has 1 N–H and O–H groups in total. The number of carboxylic acid groups (broad SMARTS) is 1.